The largest absolute Gasteiger partial charge is 0.491 e. The monoisotopic (exact) mass is 302 g/mol. The van der Waals surface area contributed by atoms with E-state index in [1.54, 1.807) is 18.2 Å². The zero-order valence-electron chi connectivity index (χ0n) is 11.1. The van der Waals surface area contributed by atoms with Crippen LogP contribution in [-0.2, 0) is 0 Å². The van der Waals surface area contributed by atoms with Crippen molar-refractivity contribution in [1.29, 1.82) is 0 Å². The van der Waals surface area contributed by atoms with E-state index < -0.39 is 0 Å². The van der Waals surface area contributed by atoms with Gasteiger partial charge in [-0.1, -0.05) is 30.1 Å². The van der Waals surface area contributed by atoms with E-state index in [1.807, 2.05) is 0 Å². The van der Waals surface area contributed by atoms with E-state index in [0.29, 0.717) is 28.3 Å². The number of nitrogens with two attached hydrogens (primary N) is 1. The number of hydrogen-bond acceptors (Lipinski definition) is 3. The summed E-state index contributed by atoms with van der Waals surface area (Å²) in [6.45, 7) is 5.74. The van der Waals surface area contributed by atoms with Gasteiger partial charge in [0, 0.05) is 24.2 Å². The van der Waals surface area contributed by atoms with Gasteiger partial charge in [-0.05, 0) is 37.1 Å². The van der Waals surface area contributed by atoms with Crippen LogP contribution < -0.4 is 10.5 Å². The molecule has 2 rings (SSSR count). The molecule has 2 atom stereocenters. The van der Waals surface area contributed by atoms with E-state index in [2.05, 4.69) is 11.8 Å². The number of halogens is 2. The van der Waals surface area contributed by atoms with Gasteiger partial charge >= 0.3 is 0 Å². The summed E-state index contributed by atoms with van der Waals surface area (Å²) in [4.78, 5) is 2.34. The Hall–Kier alpha value is -0.480. The van der Waals surface area contributed by atoms with Crippen molar-refractivity contribution in [3.05, 3.63) is 28.2 Å². The molecule has 0 bridgehead atoms. The summed E-state index contributed by atoms with van der Waals surface area (Å²) in [6, 6.07) is 5.54. The number of hydrogen-bond donors (Lipinski definition) is 1. The lowest BCUT2D eigenvalue weighted by molar-refractivity contribution is 0.143. The molecule has 3 nitrogen and oxygen atoms in total. The number of likely N-dealkylation sites (tertiary alicyclic amines) is 1. The van der Waals surface area contributed by atoms with Gasteiger partial charge in [0.2, 0.25) is 0 Å². The van der Waals surface area contributed by atoms with Crippen molar-refractivity contribution in [2.45, 2.75) is 19.4 Å². The van der Waals surface area contributed by atoms with Crippen molar-refractivity contribution in [3.8, 4) is 5.75 Å². The minimum absolute atomic E-state index is 0.271. The van der Waals surface area contributed by atoms with E-state index in [-0.39, 0.29) is 6.04 Å². The highest BCUT2D eigenvalue weighted by Gasteiger charge is 2.22. The van der Waals surface area contributed by atoms with Crippen LogP contribution in [0.25, 0.3) is 0 Å². The van der Waals surface area contributed by atoms with E-state index in [1.165, 1.54) is 0 Å². The Kier molecular flexibility index (Phi) is 5.34. The Morgan fingerprint density at radius 2 is 2.21 bits per heavy atom. The van der Waals surface area contributed by atoms with Crippen LogP contribution in [0.4, 0.5) is 0 Å². The minimum Gasteiger partial charge on any atom is -0.491 e. The zero-order chi connectivity index (χ0) is 13.8. The fourth-order valence-corrected chi connectivity index (χ4v) is 2.71. The molecule has 106 valence electrons. The highest BCUT2D eigenvalue weighted by Crippen LogP contribution is 2.27. The van der Waals surface area contributed by atoms with Crippen molar-refractivity contribution < 1.29 is 4.74 Å². The molecule has 1 aliphatic rings. The lowest BCUT2D eigenvalue weighted by Crippen LogP contribution is -2.48. The Morgan fingerprint density at radius 1 is 1.42 bits per heavy atom. The molecule has 2 unspecified atom stereocenters. The smallest absolute Gasteiger partial charge is 0.138 e. The highest BCUT2D eigenvalue weighted by molar-refractivity contribution is 6.35. The lowest BCUT2D eigenvalue weighted by Gasteiger charge is -2.34. The maximum atomic E-state index is 6.07. The normalized spacial score (nSPS) is 24.4. The number of piperidine rings is 1. The molecule has 19 heavy (non-hydrogen) atoms. The van der Waals surface area contributed by atoms with Gasteiger partial charge in [0.25, 0.3) is 0 Å². The van der Waals surface area contributed by atoms with Gasteiger partial charge in [0.1, 0.15) is 12.4 Å². The molecule has 5 heteroatoms. The number of rotatable bonds is 4. The van der Waals surface area contributed by atoms with Crippen LogP contribution in [0.2, 0.25) is 10.0 Å². The molecule has 0 radical (unpaired) electrons. The average molecular weight is 303 g/mol. The first-order chi connectivity index (χ1) is 9.06. The van der Waals surface area contributed by atoms with Crippen LogP contribution in [0.5, 0.6) is 5.75 Å². The first-order valence-electron chi connectivity index (χ1n) is 6.62. The van der Waals surface area contributed by atoms with Gasteiger partial charge in [-0.3, -0.25) is 4.90 Å². The Bertz CT molecular complexity index is 428. The molecule has 0 saturated carbocycles. The fourth-order valence-electron chi connectivity index (χ4n) is 2.25. The standard InChI is InChI=1S/C14H20Cl2N2O/c1-10-4-5-18(9-13(10)17)6-7-19-14-3-2-11(15)8-12(14)16/h2-3,8,10,13H,4-7,9,17H2,1H3. The molecular weight excluding hydrogens is 283 g/mol. The van der Waals surface area contributed by atoms with Gasteiger partial charge in [-0.15, -0.1) is 0 Å². The van der Waals surface area contributed by atoms with Crippen LogP contribution in [0, 0.1) is 5.92 Å². The third-order valence-electron chi connectivity index (χ3n) is 3.66. The van der Waals surface area contributed by atoms with Crippen LogP contribution >= 0.6 is 23.2 Å². The van der Waals surface area contributed by atoms with Crippen LogP contribution in [-0.4, -0.2) is 37.2 Å². The molecule has 1 heterocycles. The summed E-state index contributed by atoms with van der Waals surface area (Å²) < 4.78 is 5.68. The van der Waals surface area contributed by atoms with Gasteiger partial charge in [0.15, 0.2) is 0 Å². The fraction of sp³-hybridized carbons (Fsp3) is 0.571. The SMILES string of the molecule is CC1CCN(CCOc2ccc(Cl)cc2Cl)CC1N. The van der Waals surface area contributed by atoms with Crippen LogP contribution in [0.1, 0.15) is 13.3 Å². The summed E-state index contributed by atoms with van der Waals surface area (Å²) in [5, 5.41) is 1.17. The lowest BCUT2D eigenvalue weighted by atomic mass is 9.94. The molecule has 0 spiro atoms. The Morgan fingerprint density at radius 3 is 2.89 bits per heavy atom. The molecule has 1 aliphatic heterocycles. The van der Waals surface area contributed by atoms with E-state index >= 15 is 0 Å². The predicted molar refractivity (Wildman–Crippen MR) is 80.2 cm³/mol. The van der Waals surface area contributed by atoms with Crippen molar-refractivity contribution >= 4 is 23.2 Å². The summed E-state index contributed by atoms with van der Waals surface area (Å²) in [5.41, 5.74) is 6.07. The second-order valence-corrected chi connectivity index (χ2v) is 6.00. The number of nitrogens with zero attached hydrogens (tertiary/aromatic N) is 1. The van der Waals surface area contributed by atoms with Gasteiger partial charge < -0.3 is 10.5 Å². The molecule has 1 aromatic rings. The van der Waals surface area contributed by atoms with Gasteiger partial charge in [-0.25, -0.2) is 0 Å². The molecule has 1 fully saturated rings. The highest BCUT2D eigenvalue weighted by atomic mass is 35.5. The molecule has 2 N–H and O–H groups in total. The summed E-state index contributed by atoms with van der Waals surface area (Å²) in [5.74, 6) is 1.30. The van der Waals surface area contributed by atoms with Crippen molar-refractivity contribution in [1.82, 2.24) is 4.90 Å². The quantitative estimate of drug-likeness (QED) is 0.929. The molecule has 1 aromatic carbocycles. The van der Waals surface area contributed by atoms with Crippen LogP contribution in [0.3, 0.4) is 0 Å². The van der Waals surface area contributed by atoms with Crippen molar-refractivity contribution in [2.24, 2.45) is 11.7 Å². The molecule has 0 aliphatic carbocycles. The number of ether oxygens (including phenoxy) is 1. The van der Waals surface area contributed by atoms with E-state index in [0.717, 1.165) is 26.1 Å². The van der Waals surface area contributed by atoms with E-state index in [4.69, 9.17) is 33.7 Å². The minimum atomic E-state index is 0.271. The van der Waals surface area contributed by atoms with Crippen molar-refractivity contribution in [3.63, 3.8) is 0 Å². The summed E-state index contributed by atoms with van der Waals surface area (Å²) in [7, 11) is 0. The average Bonchev–Trinajstić information content (AvgIpc) is 2.36. The van der Waals surface area contributed by atoms with Crippen LogP contribution in [0.15, 0.2) is 18.2 Å². The Balaban J connectivity index is 1.77. The second kappa shape index (κ2) is 6.80. The molecule has 0 aromatic heterocycles. The zero-order valence-corrected chi connectivity index (χ0v) is 12.6. The topological polar surface area (TPSA) is 38.5 Å². The third kappa shape index (κ3) is 4.25. The van der Waals surface area contributed by atoms with Gasteiger partial charge in [-0.2, -0.15) is 0 Å². The maximum Gasteiger partial charge on any atom is 0.138 e. The maximum absolute atomic E-state index is 6.07. The molecule has 1 saturated heterocycles. The molecular formula is C14H20Cl2N2O. The van der Waals surface area contributed by atoms with Crippen molar-refractivity contribution in [2.75, 3.05) is 26.2 Å². The predicted octanol–water partition coefficient (Wildman–Crippen LogP) is 3.04. The first-order valence-corrected chi connectivity index (χ1v) is 7.37. The summed E-state index contributed by atoms with van der Waals surface area (Å²) in [6.07, 6.45) is 1.16. The Labute approximate surface area is 124 Å². The number of benzene rings is 1. The first kappa shape index (κ1) is 14.9. The summed E-state index contributed by atoms with van der Waals surface area (Å²) >= 11 is 11.9. The van der Waals surface area contributed by atoms with E-state index in [9.17, 15) is 0 Å². The van der Waals surface area contributed by atoms with Gasteiger partial charge in [0.05, 0.1) is 5.02 Å². The molecule has 0 amide bonds. The second-order valence-electron chi connectivity index (χ2n) is 5.15. The third-order valence-corrected chi connectivity index (χ3v) is 4.19.